The van der Waals surface area contributed by atoms with E-state index in [1.807, 2.05) is 72.8 Å². The van der Waals surface area contributed by atoms with Crippen molar-refractivity contribution in [3.05, 3.63) is 107 Å². The number of nitrogens with zero attached hydrogens (tertiary/aromatic N) is 3. The largest absolute Gasteiger partial charge is 0.478 e. The molecule has 0 aliphatic carbocycles. The van der Waals surface area contributed by atoms with Crippen molar-refractivity contribution in [1.29, 1.82) is 0 Å². The van der Waals surface area contributed by atoms with Crippen molar-refractivity contribution < 1.29 is 14.3 Å². The number of para-hydroxylation sites is 1. The van der Waals surface area contributed by atoms with E-state index in [1.54, 1.807) is 31.3 Å². The molecule has 5 rings (SSSR count). The first-order chi connectivity index (χ1) is 17.6. The van der Waals surface area contributed by atoms with E-state index < -0.39 is 12.1 Å². The Morgan fingerprint density at radius 3 is 2.39 bits per heavy atom. The fourth-order valence-electron chi connectivity index (χ4n) is 4.04. The third kappa shape index (κ3) is 4.34. The first-order valence-corrected chi connectivity index (χ1v) is 11.4. The number of ether oxygens (including phenoxy) is 2. The molecule has 0 spiro atoms. The number of methoxy groups -OCH3 is 1. The van der Waals surface area contributed by atoms with E-state index in [-0.39, 0.29) is 5.56 Å². The Kier molecular flexibility index (Phi) is 6.28. The first kappa shape index (κ1) is 23.0. The molecule has 7 heteroatoms. The molecule has 0 bridgehead atoms. The highest BCUT2D eigenvalue weighted by atomic mass is 16.6. The molecule has 0 aliphatic heterocycles. The van der Waals surface area contributed by atoms with E-state index in [4.69, 9.17) is 14.5 Å². The van der Waals surface area contributed by atoms with Crippen LogP contribution >= 0.6 is 0 Å². The summed E-state index contributed by atoms with van der Waals surface area (Å²) in [6.07, 6.45) is 0.750. The van der Waals surface area contributed by atoms with Crippen molar-refractivity contribution in [1.82, 2.24) is 9.66 Å². The fraction of sp³-hybridized carbons (Fsp3) is 0.103. The minimum atomic E-state index is -0.826. The topological polar surface area (TPSA) is 82.8 Å². The average Bonchev–Trinajstić information content (AvgIpc) is 2.93. The van der Waals surface area contributed by atoms with Gasteiger partial charge in [-0.2, -0.15) is 9.78 Å². The maximum atomic E-state index is 13.5. The second-order valence-corrected chi connectivity index (χ2v) is 8.16. The van der Waals surface area contributed by atoms with Gasteiger partial charge in [-0.15, -0.1) is 0 Å². The molecule has 7 nitrogen and oxygen atoms in total. The lowest BCUT2D eigenvalue weighted by atomic mass is 10.0. The van der Waals surface area contributed by atoms with Crippen molar-refractivity contribution in [2.75, 3.05) is 7.11 Å². The van der Waals surface area contributed by atoms with Crippen LogP contribution in [0.15, 0.2) is 101 Å². The average molecular weight is 478 g/mol. The van der Waals surface area contributed by atoms with Gasteiger partial charge in [0.25, 0.3) is 5.56 Å². The predicted molar refractivity (Wildman–Crippen MR) is 140 cm³/mol. The summed E-state index contributed by atoms with van der Waals surface area (Å²) in [5.41, 5.74) is 1.68. The monoisotopic (exact) mass is 477 g/mol. The van der Waals surface area contributed by atoms with Crippen LogP contribution in [0.5, 0.6) is 5.75 Å². The van der Waals surface area contributed by atoms with Crippen LogP contribution in [0.1, 0.15) is 12.5 Å². The van der Waals surface area contributed by atoms with Gasteiger partial charge >= 0.3 is 5.97 Å². The summed E-state index contributed by atoms with van der Waals surface area (Å²) < 4.78 is 12.1. The van der Waals surface area contributed by atoms with Crippen molar-refractivity contribution in [2.45, 2.75) is 13.0 Å². The first-order valence-electron chi connectivity index (χ1n) is 11.4. The van der Waals surface area contributed by atoms with Gasteiger partial charge in [-0.05, 0) is 35.9 Å². The highest BCUT2D eigenvalue weighted by Crippen LogP contribution is 2.28. The maximum Gasteiger partial charge on any atom is 0.346 e. The number of aromatic nitrogens is 2. The Morgan fingerprint density at radius 2 is 1.61 bits per heavy atom. The standard InChI is InChI=1S/C29H23N3O4/c1-19(29(34)35-2)36-26-17-16-20-10-6-7-13-22(20)24(26)18-30-32-27(21-11-4-3-5-12-21)31-25-15-9-8-14-23(25)28(32)33/h3-19H,1-2H3/t19-/m1/s1. The number of carbonyl (C=O) groups excluding carboxylic acids is 1. The van der Waals surface area contributed by atoms with Crippen molar-refractivity contribution in [3.63, 3.8) is 0 Å². The van der Waals surface area contributed by atoms with E-state index in [1.165, 1.54) is 11.8 Å². The molecule has 1 heterocycles. The van der Waals surface area contributed by atoms with Crippen LogP contribution < -0.4 is 10.3 Å². The molecule has 0 amide bonds. The van der Waals surface area contributed by atoms with Gasteiger partial charge in [-0.25, -0.2) is 9.78 Å². The van der Waals surface area contributed by atoms with Crippen LogP contribution in [0.25, 0.3) is 33.1 Å². The molecule has 0 radical (unpaired) electrons. The Morgan fingerprint density at radius 1 is 0.917 bits per heavy atom. The Hall–Kier alpha value is -4.78. The summed E-state index contributed by atoms with van der Waals surface area (Å²) in [5, 5.41) is 6.89. The number of esters is 1. The van der Waals surface area contributed by atoms with Gasteiger partial charge in [0.05, 0.1) is 24.2 Å². The molecule has 0 N–H and O–H groups in total. The molecule has 1 atom stereocenters. The van der Waals surface area contributed by atoms with E-state index in [0.717, 1.165) is 16.3 Å². The zero-order valence-corrected chi connectivity index (χ0v) is 19.8. The number of carbonyl (C=O) groups is 1. The lowest BCUT2D eigenvalue weighted by Crippen LogP contribution is -2.25. The van der Waals surface area contributed by atoms with Crippen LogP contribution in [-0.2, 0) is 9.53 Å². The van der Waals surface area contributed by atoms with Crippen molar-refractivity contribution >= 4 is 33.9 Å². The van der Waals surface area contributed by atoms with Gasteiger partial charge in [0.1, 0.15) is 5.75 Å². The number of hydrogen-bond acceptors (Lipinski definition) is 6. The van der Waals surface area contributed by atoms with Crippen molar-refractivity contribution in [3.8, 4) is 17.1 Å². The number of rotatable bonds is 6. The van der Waals surface area contributed by atoms with Crippen LogP contribution in [0.3, 0.4) is 0 Å². The second-order valence-electron chi connectivity index (χ2n) is 8.16. The predicted octanol–water partition coefficient (Wildman–Crippen LogP) is 5.04. The molecule has 178 valence electrons. The van der Waals surface area contributed by atoms with Gasteiger partial charge in [-0.1, -0.05) is 72.8 Å². The quantitative estimate of drug-likeness (QED) is 0.253. The number of benzene rings is 4. The van der Waals surface area contributed by atoms with Gasteiger partial charge in [0.15, 0.2) is 11.9 Å². The smallest absolute Gasteiger partial charge is 0.346 e. The summed E-state index contributed by atoms with van der Waals surface area (Å²) in [4.78, 5) is 30.3. The summed E-state index contributed by atoms with van der Waals surface area (Å²) >= 11 is 0. The lowest BCUT2D eigenvalue weighted by Gasteiger charge is -2.16. The molecule has 1 aromatic heterocycles. The summed E-state index contributed by atoms with van der Waals surface area (Å²) in [6, 6.07) is 28.1. The highest BCUT2D eigenvalue weighted by molar-refractivity contribution is 6.02. The minimum Gasteiger partial charge on any atom is -0.478 e. The van der Waals surface area contributed by atoms with Crippen LogP contribution in [0.4, 0.5) is 0 Å². The van der Waals surface area contributed by atoms with Gasteiger partial charge < -0.3 is 9.47 Å². The minimum absolute atomic E-state index is 0.290. The molecular formula is C29H23N3O4. The van der Waals surface area contributed by atoms with Crippen LogP contribution in [-0.4, -0.2) is 35.1 Å². The molecule has 0 unspecified atom stereocenters. The van der Waals surface area contributed by atoms with E-state index in [9.17, 15) is 9.59 Å². The Labute approximate surface area is 207 Å². The molecule has 0 saturated heterocycles. The van der Waals surface area contributed by atoms with E-state index in [0.29, 0.717) is 28.0 Å². The third-order valence-corrected chi connectivity index (χ3v) is 5.86. The normalized spacial score (nSPS) is 12.2. The zero-order chi connectivity index (χ0) is 25.1. The number of fused-ring (bicyclic) bond motifs is 2. The Bertz CT molecular complexity index is 1660. The number of hydrogen-bond donors (Lipinski definition) is 0. The molecule has 36 heavy (non-hydrogen) atoms. The molecule has 0 aliphatic rings. The zero-order valence-electron chi connectivity index (χ0n) is 19.8. The molecule has 4 aromatic carbocycles. The van der Waals surface area contributed by atoms with Gasteiger partial charge in [-0.3, -0.25) is 4.79 Å². The molecular weight excluding hydrogens is 454 g/mol. The maximum absolute atomic E-state index is 13.5. The lowest BCUT2D eigenvalue weighted by molar-refractivity contribution is -0.147. The van der Waals surface area contributed by atoms with Crippen LogP contribution in [0.2, 0.25) is 0 Å². The molecule has 5 aromatic rings. The van der Waals surface area contributed by atoms with E-state index >= 15 is 0 Å². The van der Waals surface area contributed by atoms with Crippen molar-refractivity contribution in [2.24, 2.45) is 5.10 Å². The fourth-order valence-corrected chi connectivity index (χ4v) is 4.04. The summed E-state index contributed by atoms with van der Waals surface area (Å²) in [6.45, 7) is 1.62. The Balaban J connectivity index is 1.71. The second kappa shape index (κ2) is 9.84. The SMILES string of the molecule is COC(=O)[C@@H](C)Oc1ccc2ccccc2c1C=Nn1c(-c2ccccc2)nc2ccccc2c1=O. The summed E-state index contributed by atoms with van der Waals surface area (Å²) in [5.74, 6) is 0.368. The van der Waals surface area contributed by atoms with E-state index in [2.05, 4.69) is 5.10 Å². The highest BCUT2D eigenvalue weighted by Gasteiger charge is 2.18. The molecule has 0 fully saturated rings. The van der Waals surface area contributed by atoms with Gasteiger partial charge in [0.2, 0.25) is 0 Å². The third-order valence-electron chi connectivity index (χ3n) is 5.86. The van der Waals surface area contributed by atoms with Gasteiger partial charge in [0, 0.05) is 11.1 Å². The summed E-state index contributed by atoms with van der Waals surface area (Å²) in [7, 11) is 1.31. The van der Waals surface area contributed by atoms with Crippen LogP contribution in [0, 0.1) is 0 Å². The molecule has 0 saturated carbocycles.